The summed E-state index contributed by atoms with van der Waals surface area (Å²) in [4.78, 5) is 14.5. The molecule has 1 heterocycles. The lowest BCUT2D eigenvalue weighted by Gasteiger charge is -2.14. The van der Waals surface area contributed by atoms with Crippen molar-refractivity contribution in [2.45, 2.75) is 0 Å². The molecule has 1 aliphatic heterocycles. The van der Waals surface area contributed by atoms with E-state index in [1.807, 2.05) is 0 Å². The van der Waals surface area contributed by atoms with Crippen LogP contribution < -0.4 is 4.90 Å². The quantitative estimate of drug-likeness (QED) is 0.455. The molecule has 0 N–H and O–H groups in total. The summed E-state index contributed by atoms with van der Waals surface area (Å²) in [6, 6.07) is 11.5. The predicted octanol–water partition coefficient (Wildman–Crippen LogP) is 5.65. The zero-order valence-electron chi connectivity index (χ0n) is 11.4. The van der Waals surface area contributed by atoms with Crippen LogP contribution in [0.2, 0.25) is 5.02 Å². The van der Waals surface area contributed by atoms with E-state index in [1.54, 1.807) is 42.5 Å². The lowest BCUT2D eigenvalue weighted by Crippen LogP contribution is -2.27. The van der Waals surface area contributed by atoms with E-state index in [0.29, 0.717) is 30.0 Å². The lowest BCUT2D eigenvalue weighted by atomic mass is 10.2. The summed E-state index contributed by atoms with van der Waals surface area (Å²) in [5.41, 5.74) is 1.34. The number of rotatable bonds is 2. The summed E-state index contributed by atoms with van der Waals surface area (Å²) in [5, 5.41) is 0.531. The maximum Gasteiger partial charge on any atom is 0.270 e. The molecule has 2 aromatic carbocycles. The number of anilines is 1. The van der Waals surface area contributed by atoms with Crippen molar-refractivity contribution in [3.8, 4) is 0 Å². The summed E-state index contributed by atoms with van der Waals surface area (Å²) in [5.74, 6) is -0.573. The fourth-order valence-electron chi connectivity index (χ4n) is 2.06. The van der Waals surface area contributed by atoms with E-state index in [4.69, 9.17) is 23.8 Å². The molecule has 2 aromatic rings. The van der Waals surface area contributed by atoms with Crippen LogP contribution in [0.4, 0.5) is 10.1 Å². The second-order valence-corrected chi connectivity index (χ2v) is 7.64. The van der Waals surface area contributed by atoms with Gasteiger partial charge in [0.25, 0.3) is 5.91 Å². The number of amides is 1. The third kappa shape index (κ3) is 3.50. The Balaban J connectivity index is 1.94. The van der Waals surface area contributed by atoms with Gasteiger partial charge in [-0.25, -0.2) is 4.39 Å². The fourth-order valence-corrected chi connectivity index (χ4v) is 3.94. The van der Waals surface area contributed by atoms with E-state index in [1.165, 1.54) is 22.7 Å². The van der Waals surface area contributed by atoms with Crippen molar-refractivity contribution >= 4 is 73.5 Å². The summed E-state index contributed by atoms with van der Waals surface area (Å²) in [6.45, 7) is 0. The van der Waals surface area contributed by atoms with E-state index in [-0.39, 0.29) is 11.7 Å². The Hall–Kier alpha value is -1.21. The third-order valence-electron chi connectivity index (χ3n) is 3.10. The van der Waals surface area contributed by atoms with Gasteiger partial charge in [0.2, 0.25) is 0 Å². The minimum atomic E-state index is -0.353. The van der Waals surface area contributed by atoms with Gasteiger partial charge in [0.1, 0.15) is 5.82 Å². The Morgan fingerprint density at radius 3 is 2.74 bits per heavy atom. The second kappa shape index (κ2) is 6.73. The van der Waals surface area contributed by atoms with Crippen molar-refractivity contribution in [2.24, 2.45) is 0 Å². The van der Waals surface area contributed by atoms with Gasteiger partial charge in [-0.05, 0) is 57.9 Å². The van der Waals surface area contributed by atoms with Crippen molar-refractivity contribution in [3.05, 3.63) is 68.2 Å². The van der Waals surface area contributed by atoms with Crippen LogP contribution in [0.1, 0.15) is 5.56 Å². The predicted molar refractivity (Wildman–Crippen MR) is 101 cm³/mol. The molecule has 0 aliphatic carbocycles. The number of carbonyl (C=O) groups excluding carboxylic acids is 1. The molecule has 1 fully saturated rings. The van der Waals surface area contributed by atoms with E-state index in [0.717, 1.165) is 0 Å². The van der Waals surface area contributed by atoms with Gasteiger partial charge in [0.05, 0.1) is 15.1 Å². The number of nitrogens with zero attached hydrogens (tertiary/aromatic N) is 1. The molecular formula is C16H8BrClFNOS2. The Morgan fingerprint density at radius 2 is 2.04 bits per heavy atom. The Morgan fingerprint density at radius 1 is 1.26 bits per heavy atom. The average Bonchev–Trinajstić information content (AvgIpc) is 2.77. The van der Waals surface area contributed by atoms with Gasteiger partial charge in [0, 0.05) is 5.02 Å². The van der Waals surface area contributed by atoms with Gasteiger partial charge in [0.15, 0.2) is 4.32 Å². The fraction of sp³-hybridized carbons (Fsp3) is 0. The Labute approximate surface area is 155 Å². The number of thiocarbonyl (C=S) groups is 1. The zero-order chi connectivity index (χ0) is 16.6. The highest BCUT2D eigenvalue weighted by molar-refractivity contribution is 9.10. The molecule has 116 valence electrons. The van der Waals surface area contributed by atoms with Crippen LogP contribution in [0.5, 0.6) is 0 Å². The van der Waals surface area contributed by atoms with Crippen LogP contribution in [0.3, 0.4) is 0 Å². The molecule has 0 saturated carbocycles. The van der Waals surface area contributed by atoms with Crippen molar-refractivity contribution in [3.63, 3.8) is 0 Å². The van der Waals surface area contributed by atoms with E-state index in [9.17, 15) is 9.18 Å². The van der Waals surface area contributed by atoms with Gasteiger partial charge >= 0.3 is 0 Å². The van der Waals surface area contributed by atoms with Crippen LogP contribution in [-0.4, -0.2) is 10.2 Å². The molecule has 1 amide bonds. The Kier molecular flexibility index (Phi) is 4.87. The maximum absolute atomic E-state index is 13.3. The van der Waals surface area contributed by atoms with E-state index < -0.39 is 0 Å². The van der Waals surface area contributed by atoms with Gasteiger partial charge in [-0.2, -0.15) is 0 Å². The summed E-state index contributed by atoms with van der Waals surface area (Å²) in [7, 11) is 0. The van der Waals surface area contributed by atoms with Crippen LogP contribution in [0.15, 0.2) is 51.8 Å². The molecule has 0 bridgehead atoms. The monoisotopic (exact) mass is 427 g/mol. The van der Waals surface area contributed by atoms with Crippen molar-refractivity contribution in [1.29, 1.82) is 0 Å². The minimum Gasteiger partial charge on any atom is -0.268 e. The number of hydrogen-bond acceptors (Lipinski definition) is 3. The standard InChI is InChI=1S/C16H8BrClFNOS2/c17-12-6-9(4-5-13(12)19)7-14-15(21)20(16(22)23-14)11-3-1-2-10(18)8-11/h1-8H/b14-7+. The first-order valence-electron chi connectivity index (χ1n) is 6.44. The Bertz CT molecular complexity index is 856. The molecular weight excluding hydrogens is 421 g/mol. The summed E-state index contributed by atoms with van der Waals surface area (Å²) < 4.78 is 14.1. The molecule has 1 saturated heterocycles. The van der Waals surface area contributed by atoms with Crippen LogP contribution in [0, 0.1) is 5.82 Å². The summed E-state index contributed by atoms with van der Waals surface area (Å²) in [6.07, 6.45) is 1.69. The van der Waals surface area contributed by atoms with Gasteiger partial charge < -0.3 is 0 Å². The molecule has 3 rings (SSSR count). The first kappa shape index (κ1) is 16.6. The normalized spacial score (nSPS) is 16.5. The molecule has 0 unspecified atom stereocenters. The van der Waals surface area contributed by atoms with Gasteiger partial charge in [-0.1, -0.05) is 47.7 Å². The lowest BCUT2D eigenvalue weighted by molar-refractivity contribution is -0.113. The smallest absolute Gasteiger partial charge is 0.268 e. The molecule has 0 aromatic heterocycles. The molecule has 23 heavy (non-hydrogen) atoms. The van der Waals surface area contributed by atoms with Crippen molar-refractivity contribution < 1.29 is 9.18 Å². The number of halogens is 3. The van der Waals surface area contributed by atoms with Crippen LogP contribution in [-0.2, 0) is 4.79 Å². The van der Waals surface area contributed by atoms with E-state index >= 15 is 0 Å². The molecule has 0 spiro atoms. The third-order valence-corrected chi connectivity index (χ3v) is 5.25. The van der Waals surface area contributed by atoms with Gasteiger partial charge in [-0.3, -0.25) is 9.69 Å². The van der Waals surface area contributed by atoms with Crippen molar-refractivity contribution in [2.75, 3.05) is 4.90 Å². The van der Waals surface area contributed by atoms with Crippen LogP contribution in [0.25, 0.3) is 6.08 Å². The van der Waals surface area contributed by atoms with E-state index in [2.05, 4.69) is 15.9 Å². The van der Waals surface area contributed by atoms with Crippen LogP contribution >= 0.6 is 51.5 Å². The molecule has 0 atom stereocenters. The highest BCUT2D eigenvalue weighted by Crippen LogP contribution is 2.36. The highest BCUT2D eigenvalue weighted by Gasteiger charge is 2.33. The minimum absolute atomic E-state index is 0.220. The summed E-state index contributed by atoms with van der Waals surface area (Å²) >= 11 is 15.6. The zero-order valence-corrected chi connectivity index (χ0v) is 15.4. The first-order chi connectivity index (χ1) is 11.0. The largest absolute Gasteiger partial charge is 0.270 e. The highest BCUT2D eigenvalue weighted by atomic mass is 79.9. The number of hydrogen-bond donors (Lipinski definition) is 0. The number of benzene rings is 2. The first-order valence-corrected chi connectivity index (χ1v) is 8.84. The number of thioether (sulfide) groups is 1. The number of carbonyl (C=O) groups is 1. The SMILES string of the molecule is O=C1/C(=C\c2ccc(F)c(Br)c2)SC(=S)N1c1cccc(Cl)c1. The van der Waals surface area contributed by atoms with Gasteiger partial charge in [-0.15, -0.1) is 0 Å². The molecule has 1 aliphatic rings. The van der Waals surface area contributed by atoms with Crippen molar-refractivity contribution in [1.82, 2.24) is 0 Å². The average molecular weight is 429 g/mol. The molecule has 0 radical (unpaired) electrons. The topological polar surface area (TPSA) is 20.3 Å². The molecule has 2 nitrogen and oxygen atoms in total. The second-order valence-electron chi connectivity index (χ2n) is 4.67. The molecule has 7 heteroatoms. The maximum atomic E-state index is 13.3.